The summed E-state index contributed by atoms with van der Waals surface area (Å²) in [5.41, 5.74) is 1.18. The molecule has 0 aliphatic rings. The number of rotatable bonds is 7. The first-order valence-corrected chi connectivity index (χ1v) is 9.04. The average molecular weight is 375 g/mol. The fourth-order valence-electron chi connectivity index (χ4n) is 2.46. The first kappa shape index (κ1) is 19.1. The number of hydrogen-bond donors (Lipinski definition) is 2. The number of pyridine rings is 1. The molecule has 6 nitrogen and oxygen atoms in total. The topological polar surface area (TPSA) is 80.3 Å². The smallest absolute Gasteiger partial charge is 0.274 e. The van der Waals surface area contributed by atoms with E-state index in [4.69, 9.17) is 4.74 Å². The molecule has 142 valence electrons. The van der Waals surface area contributed by atoms with Gasteiger partial charge >= 0.3 is 0 Å². The Balaban J connectivity index is 1.63. The number of nitrogens with one attached hydrogen (secondary N) is 2. The average Bonchev–Trinajstić information content (AvgIpc) is 2.74. The summed E-state index contributed by atoms with van der Waals surface area (Å²) in [4.78, 5) is 28.5. The van der Waals surface area contributed by atoms with E-state index in [1.807, 2.05) is 37.3 Å². The zero-order valence-electron chi connectivity index (χ0n) is 15.5. The van der Waals surface area contributed by atoms with Crippen LogP contribution < -0.4 is 15.4 Å². The fourth-order valence-corrected chi connectivity index (χ4v) is 2.46. The molecule has 2 aromatic carbocycles. The molecule has 0 aliphatic heterocycles. The van der Waals surface area contributed by atoms with Crippen LogP contribution in [-0.4, -0.2) is 23.3 Å². The summed E-state index contributed by atoms with van der Waals surface area (Å²) in [6.45, 7) is 2.56. The molecule has 1 heterocycles. The Kier molecular flexibility index (Phi) is 6.36. The Morgan fingerprint density at radius 2 is 1.64 bits per heavy atom. The molecule has 28 heavy (non-hydrogen) atoms. The molecular formula is C22H21N3O3. The Morgan fingerprint density at radius 1 is 0.929 bits per heavy atom. The lowest BCUT2D eigenvalue weighted by atomic mass is 10.2. The number of carbonyl (C=O) groups is 2. The summed E-state index contributed by atoms with van der Waals surface area (Å²) in [5.74, 6) is 0.793. The van der Waals surface area contributed by atoms with Crippen molar-refractivity contribution < 1.29 is 14.3 Å². The number of para-hydroxylation sites is 1. The molecule has 3 rings (SSSR count). The van der Waals surface area contributed by atoms with Gasteiger partial charge < -0.3 is 15.4 Å². The van der Waals surface area contributed by atoms with E-state index in [-0.39, 0.29) is 17.5 Å². The maximum absolute atomic E-state index is 12.4. The van der Waals surface area contributed by atoms with Crippen molar-refractivity contribution in [2.24, 2.45) is 0 Å². The Morgan fingerprint density at radius 3 is 2.36 bits per heavy atom. The summed E-state index contributed by atoms with van der Waals surface area (Å²) in [5, 5.41) is 5.55. The van der Waals surface area contributed by atoms with Gasteiger partial charge in [-0.1, -0.05) is 25.1 Å². The van der Waals surface area contributed by atoms with Gasteiger partial charge in [0, 0.05) is 24.0 Å². The van der Waals surface area contributed by atoms with Gasteiger partial charge in [0.15, 0.2) is 0 Å². The number of carbonyl (C=O) groups excluding carboxylic acids is 2. The maximum atomic E-state index is 12.4. The number of anilines is 1. The molecule has 0 saturated carbocycles. The van der Waals surface area contributed by atoms with Crippen molar-refractivity contribution in [3.63, 3.8) is 0 Å². The van der Waals surface area contributed by atoms with Crippen LogP contribution in [0.5, 0.6) is 11.5 Å². The van der Waals surface area contributed by atoms with E-state index in [9.17, 15) is 9.59 Å². The molecule has 0 aliphatic carbocycles. The van der Waals surface area contributed by atoms with Crippen LogP contribution in [0.15, 0.2) is 72.9 Å². The van der Waals surface area contributed by atoms with E-state index in [0.29, 0.717) is 23.5 Å². The first-order chi connectivity index (χ1) is 13.7. The van der Waals surface area contributed by atoms with Crippen LogP contribution in [0.4, 0.5) is 5.69 Å². The van der Waals surface area contributed by atoms with Crippen molar-refractivity contribution in [2.45, 2.75) is 13.3 Å². The Bertz CT molecular complexity index is 941. The highest BCUT2D eigenvalue weighted by molar-refractivity contribution is 6.04. The number of amides is 2. The zero-order valence-corrected chi connectivity index (χ0v) is 15.5. The third-order valence-corrected chi connectivity index (χ3v) is 3.88. The van der Waals surface area contributed by atoms with Crippen molar-refractivity contribution in [3.05, 3.63) is 84.2 Å². The van der Waals surface area contributed by atoms with Gasteiger partial charge in [-0.2, -0.15) is 0 Å². The minimum atomic E-state index is -0.387. The van der Waals surface area contributed by atoms with E-state index in [1.54, 1.807) is 30.3 Å². The Labute approximate surface area is 163 Å². The summed E-state index contributed by atoms with van der Waals surface area (Å²) in [6, 6.07) is 19.5. The standard InChI is InChI=1S/C22H21N3O3/c1-2-13-24-21(26)16-12-14-23-20(15-16)22(27)25-17-8-10-19(11-9-17)28-18-6-4-3-5-7-18/h3-12,14-15H,2,13H2,1H3,(H,24,26)(H,25,27). The van der Waals surface area contributed by atoms with Crippen LogP contribution in [0.1, 0.15) is 34.2 Å². The molecule has 2 amide bonds. The van der Waals surface area contributed by atoms with Crippen molar-refractivity contribution in [1.82, 2.24) is 10.3 Å². The zero-order chi connectivity index (χ0) is 19.8. The van der Waals surface area contributed by atoms with Crippen LogP contribution in [0, 0.1) is 0 Å². The van der Waals surface area contributed by atoms with Gasteiger partial charge in [0.1, 0.15) is 17.2 Å². The predicted octanol–water partition coefficient (Wildman–Crippen LogP) is 4.27. The second kappa shape index (κ2) is 9.32. The fraction of sp³-hybridized carbons (Fsp3) is 0.136. The van der Waals surface area contributed by atoms with E-state index >= 15 is 0 Å². The van der Waals surface area contributed by atoms with Crippen molar-refractivity contribution >= 4 is 17.5 Å². The molecule has 0 unspecified atom stereocenters. The number of aromatic nitrogens is 1. The maximum Gasteiger partial charge on any atom is 0.274 e. The summed E-state index contributed by atoms with van der Waals surface area (Å²) in [7, 11) is 0. The third-order valence-electron chi connectivity index (χ3n) is 3.88. The monoisotopic (exact) mass is 375 g/mol. The SMILES string of the molecule is CCCNC(=O)c1ccnc(C(=O)Nc2ccc(Oc3ccccc3)cc2)c1. The minimum absolute atomic E-state index is 0.175. The lowest BCUT2D eigenvalue weighted by molar-refractivity contribution is 0.0953. The highest BCUT2D eigenvalue weighted by atomic mass is 16.5. The van der Waals surface area contributed by atoms with Gasteiger partial charge in [-0.15, -0.1) is 0 Å². The van der Waals surface area contributed by atoms with Gasteiger partial charge in [0.05, 0.1) is 0 Å². The molecule has 0 saturated heterocycles. The van der Waals surface area contributed by atoms with Gasteiger partial charge in [0.2, 0.25) is 0 Å². The molecule has 6 heteroatoms. The molecule has 2 N–H and O–H groups in total. The van der Waals surface area contributed by atoms with Gasteiger partial charge in [-0.25, -0.2) is 0 Å². The molecular weight excluding hydrogens is 354 g/mol. The summed E-state index contributed by atoms with van der Waals surface area (Å²) in [6.07, 6.45) is 2.29. The largest absolute Gasteiger partial charge is 0.457 e. The Hall–Kier alpha value is -3.67. The third kappa shape index (κ3) is 5.17. The van der Waals surface area contributed by atoms with Crippen molar-refractivity contribution in [1.29, 1.82) is 0 Å². The molecule has 0 radical (unpaired) electrons. The highest BCUT2D eigenvalue weighted by Gasteiger charge is 2.12. The number of benzene rings is 2. The molecule has 0 fully saturated rings. The number of nitrogens with zero attached hydrogens (tertiary/aromatic N) is 1. The number of hydrogen-bond acceptors (Lipinski definition) is 4. The van der Waals surface area contributed by atoms with Crippen LogP contribution in [-0.2, 0) is 0 Å². The molecule has 0 bridgehead atoms. The predicted molar refractivity (Wildman–Crippen MR) is 108 cm³/mol. The quantitative estimate of drug-likeness (QED) is 0.646. The van der Waals surface area contributed by atoms with Gasteiger partial charge in [-0.05, 0) is 55.0 Å². The van der Waals surface area contributed by atoms with Crippen LogP contribution >= 0.6 is 0 Å². The second-order valence-electron chi connectivity index (χ2n) is 6.08. The van der Waals surface area contributed by atoms with Crippen molar-refractivity contribution in [2.75, 3.05) is 11.9 Å². The van der Waals surface area contributed by atoms with Crippen LogP contribution in [0.25, 0.3) is 0 Å². The molecule has 0 atom stereocenters. The van der Waals surface area contributed by atoms with Crippen LogP contribution in [0.3, 0.4) is 0 Å². The van der Waals surface area contributed by atoms with Gasteiger partial charge in [-0.3, -0.25) is 14.6 Å². The molecule has 3 aromatic rings. The van der Waals surface area contributed by atoms with Crippen molar-refractivity contribution in [3.8, 4) is 11.5 Å². The lowest BCUT2D eigenvalue weighted by Gasteiger charge is -2.09. The summed E-state index contributed by atoms with van der Waals surface area (Å²) >= 11 is 0. The number of ether oxygens (including phenoxy) is 1. The van der Waals surface area contributed by atoms with Gasteiger partial charge in [0.25, 0.3) is 11.8 Å². The molecule has 0 spiro atoms. The minimum Gasteiger partial charge on any atom is -0.457 e. The first-order valence-electron chi connectivity index (χ1n) is 9.04. The normalized spacial score (nSPS) is 10.2. The second-order valence-corrected chi connectivity index (χ2v) is 6.08. The van der Waals surface area contributed by atoms with E-state index in [1.165, 1.54) is 12.3 Å². The highest BCUT2D eigenvalue weighted by Crippen LogP contribution is 2.22. The van der Waals surface area contributed by atoms with E-state index < -0.39 is 0 Å². The van der Waals surface area contributed by atoms with E-state index in [0.717, 1.165) is 12.2 Å². The van der Waals surface area contributed by atoms with E-state index in [2.05, 4.69) is 15.6 Å². The summed E-state index contributed by atoms with van der Waals surface area (Å²) < 4.78 is 5.73. The lowest BCUT2D eigenvalue weighted by Crippen LogP contribution is -2.24. The molecule has 1 aromatic heterocycles. The van der Waals surface area contributed by atoms with Crippen LogP contribution in [0.2, 0.25) is 0 Å².